The predicted molar refractivity (Wildman–Crippen MR) is 81.4 cm³/mol. The molecule has 6 heteroatoms. The van der Waals surface area contributed by atoms with Gasteiger partial charge in [0.25, 0.3) is 5.91 Å². The van der Waals surface area contributed by atoms with Crippen LogP contribution >= 0.6 is 11.6 Å². The van der Waals surface area contributed by atoms with Crippen LogP contribution in [0.1, 0.15) is 35.6 Å². The Morgan fingerprint density at radius 1 is 1.43 bits per heavy atom. The Balaban J connectivity index is 2.32. The average molecular weight is 303 g/mol. The van der Waals surface area contributed by atoms with Gasteiger partial charge in [0.15, 0.2) is 0 Å². The van der Waals surface area contributed by atoms with Crippen molar-refractivity contribution in [2.75, 3.05) is 5.32 Å². The Hall–Kier alpha value is -2.32. The third-order valence-electron chi connectivity index (χ3n) is 3.08. The molecule has 0 radical (unpaired) electrons. The maximum absolute atomic E-state index is 12.4. The fraction of sp³-hybridized carbons (Fsp3) is 0.267. The molecule has 21 heavy (non-hydrogen) atoms. The number of rotatable bonds is 4. The van der Waals surface area contributed by atoms with Crippen LogP contribution in [0.4, 0.5) is 5.69 Å². The highest BCUT2D eigenvalue weighted by atomic mass is 35.5. The zero-order chi connectivity index (χ0) is 15.4. The minimum absolute atomic E-state index is 0.303. The number of hydrogen-bond donors (Lipinski definition) is 1. The van der Waals surface area contributed by atoms with Gasteiger partial charge in [-0.3, -0.25) is 9.48 Å². The van der Waals surface area contributed by atoms with Gasteiger partial charge < -0.3 is 5.32 Å². The Morgan fingerprint density at radius 2 is 2.19 bits per heavy atom. The molecule has 1 N–H and O–H groups in total. The lowest BCUT2D eigenvalue weighted by molar-refractivity contribution is 0.101. The normalized spacial score (nSPS) is 10.2. The first kappa shape index (κ1) is 15.1. The summed E-state index contributed by atoms with van der Waals surface area (Å²) in [5.74, 6) is -0.303. The van der Waals surface area contributed by atoms with Crippen molar-refractivity contribution in [1.82, 2.24) is 9.78 Å². The highest BCUT2D eigenvalue weighted by molar-refractivity contribution is 6.31. The molecule has 1 aromatic heterocycles. The van der Waals surface area contributed by atoms with Gasteiger partial charge in [-0.25, -0.2) is 0 Å². The molecule has 0 unspecified atom stereocenters. The van der Waals surface area contributed by atoms with Crippen molar-refractivity contribution in [2.24, 2.45) is 0 Å². The first-order valence-corrected chi connectivity index (χ1v) is 7.04. The summed E-state index contributed by atoms with van der Waals surface area (Å²) in [5.41, 5.74) is 2.09. The monoisotopic (exact) mass is 302 g/mol. The van der Waals surface area contributed by atoms with E-state index in [1.165, 1.54) is 0 Å². The number of carbonyl (C=O) groups excluding carboxylic acids is 1. The number of nitrogens with zero attached hydrogens (tertiary/aromatic N) is 3. The lowest BCUT2D eigenvalue weighted by Gasteiger charge is -2.08. The van der Waals surface area contributed by atoms with Crippen molar-refractivity contribution in [3.05, 3.63) is 46.2 Å². The zero-order valence-electron chi connectivity index (χ0n) is 11.9. The van der Waals surface area contributed by atoms with E-state index in [1.54, 1.807) is 28.9 Å². The number of anilines is 1. The minimum atomic E-state index is -0.303. The average Bonchev–Trinajstić information content (AvgIpc) is 2.91. The lowest BCUT2D eigenvalue weighted by atomic mass is 10.2. The molecule has 1 amide bonds. The standard InChI is InChI=1S/C15H15ClN4O/c1-3-12-8-14(20(4-2)19-12)15(21)18-13-7-11(16)6-5-10(13)9-17/h5-8H,3-4H2,1-2H3,(H,18,21). The fourth-order valence-corrected chi connectivity index (χ4v) is 2.14. The van der Waals surface area contributed by atoms with E-state index < -0.39 is 0 Å². The largest absolute Gasteiger partial charge is 0.319 e. The van der Waals surface area contributed by atoms with Crippen molar-refractivity contribution in [3.63, 3.8) is 0 Å². The van der Waals surface area contributed by atoms with Gasteiger partial charge in [0.05, 0.1) is 16.9 Å². The first-order chi connectivity index (χ1) is 10.1. The Kier molecular flexibility index (Phi) is 4.61. The van der Waals surface area contributed by atoms with Gasteiger partial charge in [0, 0.05) is 11.6 Å². The SMILES string of the molecule is CCc1cc(C(=O)Nc2cc(Cl)ccc2C#N)n(CC)n1. The maximum Gasteiger partial charge on any atom is 0.273 e. The zero-order valence-corrected chi connectivity index (χ0v) is 12.6. The number of amides is 1. The predicted octanol–water partition coefficient (Wildman–Crippen LogP) is 3.24. The molecular formula is C15H15ClN4O. The molecule has 2 rings (SSSR count). The minimum Gasteiger partial charge on any atom is -0.319 e. The third kappa shape index (κ3) is 3.23. The molecule has 0 aliphatic heterocycles. The topological polar surface area (TPSA) is 70.7 Å². The quantitative estimate of drug-likeness (QED) is 0.942. The number of aromatic nitrogens is 2. The molecule has 0 bridgehead atoms. The second-order valence-corrected chi connectivity index (χ2v) is 4.88. The molecule has 0 saturated heterocycles. The molecular weight excluding hydrogens is 288 g/mol. The molecule has 1 aromatic carbocycles. The van der Waals surface area contributed by atoms with E-state index in [1.807, 2.05) is 19.9 Å². The van der Waals surface area contributed by atoms with Gasteiger partial charge in [-0.1, -0.05) is 18.5 Å². The second-order valence-electron chi connectivity index (χ2n) is 4.45. The van der Waals surface area contributed by atoms with Gasteiger partial charge in [0.1, 0.15) is 11.8 Å². The van der Waals surface area contributed by atoms with Crippen LogP contribution < -0.4 is 5.32 Å². The molecule has 5 nitrogen and oxygen atoms in total. The van der Waals surface area contributed by atoms with Crippen LogP contribution in [-0.2, 0) is 13.0 Å². The van der Waals surface area contributed by atoms with Crippen LogP contribution in [0.15, 0.2) is 24.3 Å². The van der Waals surface area contributed by atoms with Crippen molar-refractivity contribution in [2.45, 2.75) is 26.8 Å². The van der Waals surface area contributed by atoms with Crippen molar-refractivity contribution in [3.8, 4) is 6.07 Å². The van der Waals surface area contributed by atoms with E-state index in [9.17, 15) is 4.79 Å². The summed E-state index contributed by atoms with van der Waals surface area (Å²) in [7, 11) is 0. The summed E-state index contributed by atoms with van der Waals surface area (Å²) in [6.07, 6.45) is 0.758. The Labute approximate surface area is 128 Å². The van der Waals surface area contributed by atoms with Crippen LogP contribution in [-0.4, -0.2) is 15.7 Å². The van der Waals surface area contributed by atoms with E-state index >= 15 is 0 Å². The molecule has 0 atom stereocenters. The molecule has 0 aliphatic carbocycles. The second kappa shape index (κ2) is 6.42. The van der Waals surface area contributed by atoms with Gasteiger partial charge in [-0.2, -0.15) is 10.4 Å². The maximum atomic E-state index is 12.4. The van der Waals surface area contributed by atoms with Gasteiger partial charge in [0.2, 0.25) is 0 Å². The summed E-state index contributed by atoms with van der Waals surface area (Å²) < 4.78 is 1.64. The number of carbonyl (C=O) groups is 1. The van der Waals surface area contributed by atoms with Gasteiger partial charge in [-0.05, 0) is 37.6 Å². The molecule has 2 aromatic rings. The van der Waals surface area contributed by atoms with Crippen molar-refractivity contribution < 1.29 is 4.79 Å². The molecule has 0 aliphatic rings. The molecule has 0 saturated carbocycles. The van der Waals surface area contributed by atoms with E-state index in [0.717, 1.165) is 12.1 Å². The van der Waals surface area contributed by atoms with Crippen LogP contribution in [0.3, 0.4) is 0 Å². The molecule has 0 spiro atoms. The van der Waals surface area contributed by atoms with Gasteiger partial charge >= 0.3 is 0 Å². The summed E-state index contributed by atoms with van der Waals surface area (Å²) >= 11 is 5.91. The summed E-state index contributed by atoms with van der Waals surface area (Å²) in [6.45, 7) is 4.50. The highest BCUT2D eigenvalue weighted by Gasteiger charge is 2.15. The number of hydrogen-bond acceptors (Lipinski definition) is 3. The number of aryl methyl sites for hydroxylation is 2. The van der Waals surface area contributed by atoms with Crippen molar-refractivity contribution >= 4 is 23.2 Å². The fourth-order valence-electron chi connectivity index (χ4n) is 1.97. The third-order valence-corrected chi connectivity index (χ3v) is 3.31. The summed E-state index contributed by atoms with van der Waals surface area (Å²) in [4.78, 5) is 12.4. The highest BCUT2D eigenvalue weighted by Crippen LogP contribution is 2.21. The van der Waals surface area contributed by atoms with E-state index in [4.69, 9.17) is 16.9 Å². The van der Waals surface area contributed by atoms with Crippen LogP contribution in [0.2, 0.25) is 5.02 Å². The summed E-state index contributed by atoms with van der Waals surface area (Å²) in [5, 5.41) is 16.6. The van der Waals surface area contributed by atoms with Crippen molar-refractivity contribution in [1.29, 1.82) is 5.26 Å². The van der Waals surface area contributed by atoms with Gasteiger partial charge in [-0.15, -0.1) is 0 Å². The lowest BCUT2D eigenvalue weighted by Crippen LogP contribution is -2.18. The van der Waals surface area contributed by atoms with E-state index in [-0.39, 0.29) is 5.91 Å². The number of benzene rings is 1. The summed E-state index contributed by atoms with van der Waals surface area (Å²) in [6, 6.07) is 8.54. The molecule has 0 fully saturated rings. The van der Waals surface area contributed by atoms with Crippen LogP contribution in [0.25, 0.3) is 0 Å². The first-order valence-electron chi connectivity index (χ1n) is 6.66. The number of halogens is 1. The molecule has 108 valence electrons. The van der Waals surface area contributed by atoms with E-state index in [0.29, 0.717) is 28.5 Å². The number of nitrogens with one attached hydrogen (secondary N) is 1. The number of nitriles is 1. The van der Waals surface area contributed by atoms with Crippen LogP contribution in [0, 0.1) is 11.3 Å². The Bertz CT molecular complexity index is 715. The van der Waals surface area contributed by atoms with E-state index in [2.05, 4.69) is 10.4 Å². The Morgan fingerprint density at radius 3 is 2.81 bits per heavy atom. The van der Waals surface area contributed by atoms with Crippen LogP contribution in [0.5, 0.6) is 0 Å². The smallest absolute Gasteiger partial charge is 0.273 e. The molecule has 1 heterocycles.